The van der Waals surface area contributed by atoms with Crippen molar-refractivity contribution in [2.45, 2.75) is 33.0 Å². The van der Waals surface area contributed by atoms with Crippen molar-refractivity contribution < 1.29 is 19.4 Å². The van der Waals surface area contributed by atoms with Crippen LogP contribution in [-0.4, -0.2) is 26.7 Å². The lowest BCUT2D eigenvalue weighted by Gasteiger charge is -2.25. The second kappa shape index (κ2) is 10.7. The molecule has 38 heavy (non-hydrogen) atoms. The summed E-state index contributed by atoms with van der Waals surface area (Å²) in [5, 5.41) is 11.3. The Kier molecular flexibility index (Phi) is 7.05. The first-order valence-corrected chi connectivity index (χ1v) is 12.4. The molecule has 6 heteroatoms. The van der Waals surface area contributed by atoms with Crippen LogP contribution in [0.15, 0.2) is 103 Å². The molecule has 2 heterocycles. The van der Waals surface area contributed by atoms with Crippen LogP contribution >= 0.6 is 0 Å². The van der Waals surface area contributed by atoms with E-state index in [1.165, 1.54) is 4.90 Å². The minimum atomic E-state index is -0.721. The largest absolute Gasteiger partial charge is 0.507 e. The summed E-state index contributed by atoms with van der Waals surface area (Å²) in [6.07, 6.45) is 3.30. The normalized spacial score (nSPS) is 16.6. The van der Waals surface area contributed by atoms with Crippen LogP contribution in [0.2, 0.25) is 0 Å². The topological polar surface area (TPSA) is 79.7 Å². The molecule has 190 valence electrons. The molecule has 0 aliphatic carbocycles. The molecule has 1 amide bonds. The summed E-state index contributed by atoms with van der Waals surface area (Å²) in [4.78, 5) is 32.0. The molecule has 5 rings (SSSR count). The number of nitrogens with zero attached hydrogens (tertiary/aromatic N) is 2. The number of carbonyl (C=O) groups is 2. The van der Waals surface area contributed by atoms with Crippen molar-refractivity contribution in [3.63, 3.8) is 0 Å². The van der Waals surface area contributed by atoms with Crippen LogP contribution in [0.3, 0.4) is 0 Å². The second-order valence-corrected chi connectivity index (χ2v) is 9.50. The molecule has 1 aromatic heterocycles. The van der Waals surface area contributed by atoms with Gasteiger partial charge in [0.05, 0.1) is 11.6 Å². The van der Waals surface area contributed by atoms with E-state index < -0.39 is 17.7 Å². The fourth-order valence-corrected chi connectivity index (χ4v) is 4.66. The number of aliphatic hydroxyl groups is 1. The monoisotopic (exact) mass is 504 g/mol. The van der Waals surface area contributed by atoms with Gasteiger partial charge in [-0.25, -0.2) is 0 Å². The molecule has 0 unspecified atom stereocenters. The van der Waals surface area contributed by atoms with Crippen LogP contribution in [0.25, 0.3) is 5.76 Å². The maximum Gasteiger partial charge on any atom is 0.295 e. The predicted octanol–water partition coefficient (Wildman–Crippen LogP) is 5.90. The van der Waals surface area contributed by atoms with Gasteiger partial charge >= 0.3 is 0 Å². The van der Waals surface area contributed by atoms with Gasteiger partial charge in [-0.1, -0.05) is 59.7 Å². The number of rotatable bonds is 7. The molecule has 1 saturated heterocycles. The van der Waals surface area contributed by atoms with E-state index in [-0.39, 0.29) is 17.9 Å². The van der Waals surface area contributed by atoms with E-state index in [9.17, 15) is 14.7 Å². The molecule has 0 bridgehead atoms. The molecule has 0 radical (unpaired) electrons. The number of aryl methyl sites for hydroxylation is 2. The molecular weight excluding hydrogens is 476 g/mol. The number of hydrogen-bond donors (Lipinski definition) is 1. The molecule has 6 nitrogen and oxygen atoms in total. The summed E-state index contributed by atoms with van der Waals surface area (Å²) in [6, 6.07) is 25.5. The van der Waals surface area contributed by atoms with E-state index in [4.69, 9.17) is 4.74 Å². The van der Waals surface area contributed by atoms with Crippen molar-refractivity contribution in [3.05, 3.63) is 136 Å². The SMILES string of the molecule is Cc1ccc([C@@H]2C(=C(O)c3ccc(OCc4cccc(C)c4)cc3)C(=O)C(=O)N2Cc2ccncc2)cc1. The summed E-state index contributed by atoms with van der Waals surface area (Å²) < 4.78 is 5.90. The van der Waals surface area contributed by atoms with Crippen molar-refractivity contribution in [3.8, 4) is 5.75 Å². The maximum atomic E-state index is 13.3. The van der Waals surface area contributed by atoms with Gasteiger partial charge in [-0.15, -0.1) is 0 Å². The third kappa shape index (κ3) is 5.20. The smallest absolute Gasteiger partial charge is 0.295 e. The van der Waals surface area contributed by atoms with Gasteiger partial charge in [0.25, 0.3) is 11.7 Å². The summed E-state index contributed by atoms with van der Waals surface area (Å²) in [7, 11) is 0. The highest BCUT2D eigenvalue weighted by atomic mass is 16.5. The van der Waals surface area contributed by atoms with Crippen molar-refractivity contribution in [2.24, 2.45) is 0 Å². The molecule has 1 aliphatic heterocycles. The van der Waals surface area contributed by atoms with Crippen molar-refractivity contribution in [1.82, 2.24) is 9.88 Å². The van der Waals surface area contributed by atoms with Crippen LogP contribution in [0, 0.1) is 13.8 Å². The highest BCUT2D eigenvalue weighted by molar-refractivity contribution is 6.46. The molecular formula is C32H28N2O4. The lowest BCUT2D eigenvalue weighted by atomic mass is 9.94. The lowest BCUT2D eigenvalue weighted by Crippen LogP contribution is -2.29. The van der Waals surface area contributed by atoms with E-state index >= 15 is 0 Å². The fourth-order valence-electron chi connectivity index (χ4n) is 4.66. The van der Waals surface area contributed by atoms with Crippen LogP contribution < -0.4 is 4.74 Å². The molecule has 1 N–H and O–H groups in total. The zero-order valence-corrected chi connectivity index (χ0v) is 21.3. The number of amides is 1. The number of hydrogen-bond acceptors (Lipinski definition) is 5. The number of aliphatic hydroxyl groups excluding tert-OH is 1. The number of pyridine rings is 1. The van der Waals surface area contributed by atoms with E-state index in [2.05, 4.69) is 11.1 Å². The van der Waals surface area contributed by atoms with E-state index in [1.807, 2.05) is 56.3 Å². The Hall–Kier alpha value is -4.71. The number of ketones is 1. The van der Waals surface area contributed by atoms with Crippen LogP contribution in [0.5, 0.6) is 5.75 Å². The average Bonchev–Trinajstić information content (AvgIpc) is 3.18. The number of ether oxygens (including phenoxy) is 1. The molecule has 0 spiro atoms. The lowest BCUT2D eigenvalue weighted by molar-refractivity contribution is -0.140. The Balaban J connectivity index is 1.47. The van der Waals surface area contributed by atoms with E-state index in [1.54, 1.807) is 48.8 Å². The third-order valence-corrected chi connectivity index (χ3v) is 6.65. The first-order chi connectivity index (χ1) is 18.4. The van der Waals surface area contributed by atoms with Crippen molar-refractivity contribution in [1.29, 1.82) is 0 Å². The number of carbonyl (C=O) groups excluding carboxylic acids is 2. The van der Waals surface area contributed by atoms with Gasteiger partial charge in [0.1, 0.15) is 18.1 Å². The van der Waals surface area contributed by atoms with Crippen LogP contribution in [-0.2, 0) is 22.7 Å². The first kappa shape index (κ1) is 25.0. The van der Waals surface area contributed by atoms with Crippen molar-refractivity contribution in [2.75, 3.05) is 0 Å². The number of Topliss-reactive ketones (excluding diaryl/α,β-unsaturated/α-hetero) is 1. The molecule has 1 atom stereocenters. The molecule has 4 aromatic rings. The van der Waals surface area contributed by atoms with Crippen molar-refractivity contribution >= 4 is 17.4 Å². The quantitative estimate of drug-likeness (QED) is 0.193. The van der Waals surface area contributed by atoms with E-state index in [0.717, 1.165) is 27.8 Å². The van der Waals surface area contributed by atoms with E-state index in [0.29, 0.717) is 17.9 Å². The van der Waals surface area contributed by atoms with Gasteiger partial charge in [-0.3, -0.25) is 14.6 Å². The minimum absolute atomic E-state index is 0.0707. The molecule has 0 saturated carbocycles. The zero-order chi connectivity index (χ0) is 26.6. The van der Waals surface area contributed by atoms with Gasteiger partial charge in [-0.05, 0) is 66.9 Å². The standard InChI is InChI=1S/C32H28N2O4/c1-21-6-8-25(9-7-21)29-28(31(36)32(37)34(29)19-23-14-16-33-17-15-23)30(35)26-10-12-27(13-11-26)38-20-24-5-3-4-22(2)18-24/h3-18,29,35H,19-20H2,1-2H3/t29-/m1/s1. The number of aromatic nitrogens is 1. The Bertz CT molecular complexity index is 1490. The molecule has 3 aromatic carbocycles. The minimum Gasteiger partial charge on any atom is -0.507 e. The van der Waals surface area contributed by atoms with Gasteiger partial charge in [-0.2, -0.15) is 0 Å². The predicted molar refractivity (Wildman–Crippen MR) is 145 cm³/mol. The Labute approximate surface area is 221 Å². The third-order valence-electron chi connectivity index (χ3n) is 6.65. The van der Waals surface area contributed by atoms with Gasteiger partial charge in [0.2, 0.25) is 0 Å². The molecule has 1 aliphatic rings. The first-order valence-electron chi connectivity index (χ1n) is 12.4. The fraction of sp³-hybridized carbons (Fsp3) is 0.156. The zero-order valence-electron chi connectivity index (χ0n) is 21.3. The number of benzene rings is 3. The van der Waals surface area contributed by atoms with Crippen LogP contribution in [0.1, 0.15) is 39.4 Å². The summed E-state index contributed by atoms with van der Waals surface area (Å²) in [6.45, 7) is 4.64. The maximum absolute atomic E-state index is 13.3. The summed E-state index contributed by atoms with van der Waals surface area (Å²) in [5.41, 5.74) is 5.38. The highest BCUT2D eigenvalue weighted by Gasteiger charge is 2.46. The summed E-state index contributed by atoms with van der Waals surface area (Å²) in [5.74, 6) is -0.929. The van der Waals surface area contributed by atoms with Gasteiger partial charge in [0.15, 0.2) is 0 Å². The average molecular weight is 505 g/mol. The second-order valence-electron chi connectivity index (χ2n) is 9.50. The number of likely N-dealkylation sites (tertiary alicyclic amines) is 1. The molecule has 1 fully saturated rings. The Morgan fingerprint density at radius 3 is 2.26 bits per heavy atom. The van der Waals surface area contributed by atoms with Gasteiger partial charge < -0.3 is 14.7 Å². The Morgan fingerprint density at radius 2 is 1.58 bits per heavy atom. The summed E-state index contributed by atoms with van der Waals surface area (Å²) >= 11 is 0. The van der Waals surface area contributed by atoms with Gasteiger partial charge in [0, 0.05) is 24.5 Å². The highest BCUT2D eigenvalue weighted by Crippen LogP contribution is 2.40. The van der Waals surface area contributed by atoms with Crippen LogP contribution in [0.4, 0.5) is 0 Å². The Morgan fingerprint density at radius 1 is 0.868 bits per heavy atom.